The number of benzene rings is 5. The Morgan fingerprint density at radius 3 is 2.00 bits per heavy atom. The fourth-order valence-electron chi connectivity index (χ4n) is 10.00. The Bertz CT molecular complexity index is 2740. The standard InChI is InChI=1S/C50H42F3N3/c1-29-15-19-43-36(23-29)37-24-30(2)16-20-44(37)55(43)47-27-33(5)48(56-45-21-17-31(3)25-38(45)39-26-32(4)18-22-46(39)56)49(6,42(47)28-54)40-13-9-7-11-34(40)35-12-8-10-14-41(35)50(51,52)53/h7-27,38,45,48H,1-6H3/t38?,45?,48?,49-/m1/s1. The number of aryl methyl sites for hydroxylation is 3. The first-order valence-corrected chi connectivity index (χ1v) is 19.2. The van der Waals surface area contributed by atoms with Gasteiger partial charge in [0.2, 0.25) is 0 Å². The molecule has 56 heavy (non-hydrogen) atoms. The molecule has 278 valence electrons. The van der Waals surface area contributed by atoms with Crippen molar-refractivity contribution in [3.63, 3.8) is 0 Å². The van der Waals surface area contributed by atoms with Crippen LogP contribution in [0.1, 0.15) is 60.1 Å². The molecule has 1 aromatic heterocycles. The average molecular weight is 742 g/mol. The van der Waals surface area contributed by atoms with Crippen molar-refractivity contribution < 1.29 is 13.2 Å². The van der Waals surface area contributed by atoms with Crippen molar-refractivity contribution in [3.05, 3.63) is 178 Å². The lowest BCUT2D eigenvalue weighted by molar-refractivity contribution is -0.137. The summed E-state index contributed by atoms with van der Waals surface area (Å²) in [7, 11) is 0. The molecule has 3 nitrogen and oxygen atoms in total. The van der Waals surface area contributed by atoms with E-state index >= 15 is 0 Å². The first kappa shape index (κ1) is 35.6. The molecule has 0 bridgehead atoms. The number of rotatable bonds is 4. The maximum absolute atomic E-state index is 14.9. The average Bonchev–Trinajstić information content (AvgIpc) is 3.65. The third kappa shape index (κ3) is 5.24. The van der Waals surface area contributed by atoms with Crippen LogP contribution in [-0.4, -0.2) is 16.7 Å². The van der Waals surface area contributed by atoms with Crippen LogP contribution >= 0.6 is 0 Å². The first-order valence-electron chi connectivity index (χ1n) is 19.2. The zero-order valence-corrected chi connectivity index (χ0v) is 32.3. The molecule has 6 aromatic rings. The Balaban J connectivity index is 1.40. The normalized spacial score (nSPS) is 21.9. The largest absolute Gasteiger partial charge is 0.417 e. The van der Waals surface area contributed by atoms with Gasteiger partial charge in [0.15, 0.2) is 0 Å². The number of aromatic nitrogens is 1. The van der Waals surface area contributed by atoms with Gasteiger partial charge in [0, 0.05) is 22.4 Å². The quantitative estimate of drug-likeness (QED) is 0.180. The Kier molecular flexibility index (Phi) is 8.11. The molecule has 0 saturated carbocycles. The van der Waals surface area contributed by atoms with Crippen molar-refractivity contribution in [3.8, 4) is 17.2 Å². The highest BCUT2D eigenvalue weighted by molar-refractivity contribution is 6.11. The van der Waals surface area contributed by atoms with E-state index in [1.807, 2.05) is 12.1 Å². The molecular weight excluding hydrogens is 700 g/mol. The number of halogens is 3. The molecule has 4 atom stereocenters. The van der Waals surface area contributed by atoms with Gasteiger partial charge in [0.05, 0.1) is 51.4 Å². The van der Waals surface area contributed by atoms with Gasteiger partial charge >= 0.3 is 6.18 Å². The summed E-state index contributed by atoms with van der Waals surface area (Å²) in [5.74, 6) is 0.0767. The summed E-state index contributed by atoms with van der Waals surface area (Å²) in [6.07, 6.45) is 4.32. The van der Waals surface area contributed by atoms with E-state index in [-0.39, 0.29) is 17.5 Å². The summed E-state index contributed by atoms with van der Waals surface area (Å²) in [6, 6.07) is 34.8. The molecule has 0 N–H and O–H groups in total. The topological polar surface area (TPSA) is 32.0 Å². The molecule has 2 aliphatic carbocycles. The highest BCUT2D eigenvalue weighted by atomic mass is 19.4. The lowest BCUT2D eigenvalue weighted by Crippen LogP contribution is -2.55. The van der Waals surface area contributed by atoms with Gasteiger partial charge in [-0.05, 0) is 112 Å². The number of hydrogen-bond acceptors (Lipinski definition) is 2. The number of fused-ring (bicyclic) bond motifs is 6. The predicted molar refractivity (Wildman–Crippen MR) is 223 cm³/mol. The minimum atomic E-state index is -4.58. The number of allylic oxidation sites excluding steroid dienone is 4. The smallest absolute Gasteiger partial charge is 0.356 e. The van der Waals surface area contributed by atoms with E-state index in [1.54, 1.807) is 24.3 Å². The van der Waals surface area contributed by atoms with Crippen LogP contribution in [0, 0.1) is 32.1 Å². The monoisotopic (exact) mass is 741 g/mol. The molecule has 0 spiro atoms. The SMILES string of the molecule is CC1=CC2c3cc(C)ccc3N(C3C(C)=CC(n4c5ccc(C)cc5c5cc(C)ccc54)=C(C#N)[C@@]3(C)c3ccccc3-c3ccccc3C(F)(F)F)C2C=C1. The van der Waals surface area contributed by atoms with Crippen LogP contribution < -0.4 is 4.90 Å². The van der Waals surface area contributed by atoms with Crippen LogP contribution in [0.25, 0.3) is 38.6 Å². The fraction of sp³-hybridized carbons (Fsp3) is 0.220. The van der Waals surface area contributed by atoms with Crippen LogP contribution in [0.15, 0.2) is 144 Å². The van der Waals surface area contributed by atoms with Gasteiger partial charge in [-0.2, -0.15) is 18.4 Å². The number of nitriles is 1. The van der Waals surface area contributed by atoms with Crippen LogP contribution in [0.2, 0.25) is 0 Å². The number of alkyl halides is 3. The minimum absolute atomic E-state index is 0.0709. The summed E-state index contributed by atoms with van der Waals surface area (Å²) in [6.45, 7) is 12.6. The lowest BCUT2D eigenvalue weighted by Gasteiger charge is -2.50. The molecule has 9 rings (SSSR count). The number of anilines is 1. The highest BCUT2D eigenvalue weighted by Crippen LogP contribution is 2.56. The van der Waals surface area contributed by atoms with E-state index in [0.717, 1.165) is 61.5 Å². The van der Waals surface area contributed by atoms with Crippen molar-refractivity contribution >= 4 is 33.2 Å². The second-order valence-corrected chi connectivity index (χ2v) is 16.1. The highest BCUT2D eigenvalue weighted by Gasteiger charge is 2.53. The zero-order valence-electron chi connectivity index (χ0n) is 32.3. The van der Waals surface area contributed by atoms with Crippen LogP contribution in [0.4, 0.5) is 18.9 Å². The minimum Gasteiger partial charge on any atom is -0.356 e. The van der Waals surface area contributed by atoms with E-state index in [2.05, 4.69) is 136 Å². The summed E-state index contributed by atoms with van der Waals surface area (Å²) in [5, 5.41) is 13.9. The number of hydrogen-bond donors (Lipinski definition) is 0. The van der Waals surface area contributed by atoms with Gasteiger partial charge in [0.25, 0.3) is 0 Å². The Labute approximate surface area is 326 Å². The second kappa shape index (κ2) is 12.7. The summed E-state index contributed by atoms with van der Waals surface area (Å²) < 4.78 is 46.8. The van der Waals surface area contributed by atoms with Gasteiger partial charge in [-0.25, -0.2) is 0 Å². The van der Waals surface area contributed by atoms with Crippen molar-refractivity contribution in [2.75, 3.05) is 4.90 Å². The molecule has 5 aromatic carbocycles. The van der Waals surface area contributed by atoms with Crippen molar-refractivity contribution in [1.29, 1.82) is 5.26 Å². The van der Waals surface area contributed by atoms with Gasteiger partial charge in [-0.15, -0.1) is 0 Å². The summed E-state index contributed by atoms with van der Waals surface area (Å²) >= 11 is 0. The second-order valence-electron chi connectivity index (χ2n) is 16.1. The van der Waals surface area contributed by atoms with Gasteiger partial charge in [-0.3, -0.25) is 0 Å². The van der Waals surface area contributed by atoms with Crippen molar-refractivity contribution in [2.45, 2.75) is 71.1 Å². The fourth-order valence-corrected chi connectivity index (χ4v) is 10.00. The Morgan fingerprint density at radius 2 is 1.34 bits per heavy atom. The van der Waals surface area contributed by atoms with Crippen LogP contribution in [0.3, 0.4) is 0 Å². The third-order valence-corrected chi connectivity index (χ3v) is 12.3. The van der Waals surface area contributed by atoms with Gasteiger partial charge in [0.1, 0.15) is 0 Å². The van der Waals surface area contributed by atoms with Gasteiger partial charge < -0.3 is 9.47 Å². The molecule has 3 aliphatic rings. The zero-order chi connectivity index (χ0) is 39.3. The van der Waals surface area contributed by atoms with E-state index in [0.29, 0.717) is 16.7 Å². The summed E-state index contributed by atoms with van der Waals surface area (Å²) in [4.78, 5) is 2.45. The Morgan fingerprint density at radius 1 is 0.732 bits per heavy atom. The molecule has 0 amide bonds. The predicted octanol–water partition coefficient (Wildman–Crippen LogP) is 12.9. The molecule has 0 saturated heterocycles. The van der Waals surface area contributed by atoms with Crippen LogP contribution in [0.5, 0.6) is 0 Å². The molecule has 3 unspecified atom stereocenters. The molecule has 1 aliphatic heterocycles. The molecule has 2 heterocycles. The molecule has 0 fully saturated rings. The first-order chi connectivity index (χ1) is 26.8. The lowest BCUT2D eigenvalue weighted by atomic mass is 9.62. The maximum Gasteiger partial charge on any atom is 0.417 e. The Hall–Kier alpha value is -6.06. The van der Waals surface area contributed by atoms with Crippen molar-refractivity contribution in [1.82, 2.24) is 4.57 Å². The number of nitrogens with zero attached hydrogens (tertiary/aromatic N) is 3. The van der Waals surface area contributed by atoms with E-state index < -0.39 is 23.2 Å². The van der Waals surface area contributed by atoms with Crippen molar-refractivity contribution in [2.24, 2.45) is 0 Å². The summed E-state index contributed by atoms with van der Waals surface area (Å²) in [5.41, 5.74) is 10.4. The van der Waals surface area contributed by atoms with Crippen LogP contribution in [-0.2, 0) is 11.6 Å². The molecule has 6 heteroatoms. The van der Waals surface area contributed by atoms with Gasteiger partial charge in [-0.1, -0.05) is 107 Å². The van der Waals surface area contributed by atoms with E-state index in [9.17, 15) is 18.4 Å². The molecular formula is C50H42F3N3. The van der Waals surface area contributed by atoms with E-state index in [1.165, 1.54) is 17.2 Å². The molecule has 0 radical (unpaired) electrons. The maximum atomic E-state index is 14.9. The third-order valence-electron chi connectivity index (χ3n) is 12.3. The van der Waals surface area contributed by atoms with E-state index in [4.69, 9.17) is 0 Å².